The van der Waals surface area contributed by atoms with E-state index in [4.69, 9.17) is 0 Å². The Bertz CT molecular complexity index is 863. The molecule has 2 aromatic heterocycles. The molecule has 0 bridgehead atoms. The molecule has 24 heavy (non-hydrogen) atoms. The number of benzene rings is 1. The highest BCUT2D eigenvalue weighted by Crippen LogP contribution is 2.30. The molecule has 0 atom stereocenters. The first-order valence-electron chi connectivity index (χ1n) is 7.78. The summed E-state index contributed by atoms with van der Waals surface area (Å²) in [5, 5.41) is 3.56. The molecule has 0 saturated carbocycles. The third-order valence-corrected chi connectivity index (χ3v) is 3.61. The number of imidazole rings is 1. The molecule has 126 valence electrons. The molecule has 1 aromatic carbocycles. The zero-order valence-corrected chi connectivity index (χ0v) is 15.2. The van der Waals surface area contributed by atoms with E-state index >= 15 is 0 Å². The molecule has 4 nitrogen and oxygen atoms in total. The summed E-state index contributed by atoms with van der Waals surface area (Å²) in [6.45, 7) is 7.94. The summed E-state index contributed by atoms with van der Waals surface area (Å²) in [4.78, 5) is 12.4. The molecule has 0 aliphatic carbocycles. The predicted octanol–water partition coefficient (Wildman–Crippen LogP) is 4.19. The van der Waals surface area contributed by atoms with E-state index in [-0.39, 0.29) is 23.9 Å². The first-order chi connectivity index (χ1) is 10.9. The summed E-state index contributed by atoms with van der Waals surface area (Å²) in [7, 11) is 0. The van der Waals surface area contributed by atoms with Crippen LogP contribution in [-0.4, -0.2) is 16.0 Å². The fraction of sp³-hybridized carbons (Fsp3) is 0.263. The van der Waals surface area contributed by atoms with E-state index in [1.807, 2.05) is 59.1 Å². The molecule has 2 heterocycles. The Labute approximate surface area is 148 Å². The van der Waals surface area contributed by atoms with Crippen molar-refractivity contribution >= 4 is 29.8 Å². The maximum absolute atomic E-state index is 12.4. The maximum atomic E-state index is 12.4. The van der Waals surface area contributed by atoms with Crippen LogP contribution in [0.25, 0.3) is 16.9 Å². The molecular weight excluding hydrogens is 322 g/mol. The van der Waals surface area contributed by atoms with Gasteiger partial charge in [-0.2, -0.15) is 4.57 Å². The molecule has 0 fully saturated rings. The Balaban J connectivity index is 0.00000208. The normalized spacial score (nSPS) is 11.2. The van der Waals surface area contributed by atoms with Crippen LogP contribution in [0.15, 0.2) is 54.7 Å². The van der Waals surface area contributed by atoms with Crippen LogP contribution in [0.1, 0.15) is 32.5 Å². The average Bonchev–Trinajstić information content (AvgIpc) is 2.81. The molecule has 1 N–H and O–H groups in total. The summed E-state index contributed by atoms with van der Waals surface area (Å²) in [6, 6.07) is 15.9. The van der Waals surface area contributed by atoms with Gasteiger partial charge in [-0.05, 0) is 26.8 Å². The monoisotopic (exact) mass is 344 g/mol. The third-order valence-electron chi connectivity index (χ3n) is 3.61. The standard InChI is InChI=1S/C19H22N3O.ClH/c1-14(23)22-16-12-8-9-13-21(16)18(20-19(2,3)4)17(22)15-10-6-5-7-11-15;/h5-13,20H,1-4H3;1H/q+1;. The minimum atomic E-state index is -0.123. The molecule has 0 aliphatic rings. The van der Waals surface area contributed by atoms with Gasteiger partial charge in [-0.25, -0.2) is 4.40 Å². The van der Waals surface area contributed by atoms with Crippen molar-refractivity contribution in [3.63, 3.8) is 0 Å². The summed E-state index contributed by atoms with van der Waals surface area (Å²) >= 11 is 0. The van der Waals surface area contributed by atoms with Gasteiger partial charge in [0.2, 0.25) is 5.65 Å². The Hall–Kier alpha value is -2.33. The molecule has 0 amide bonds. The molecular formula is C19H23ClN3O+. The minimum absolute atomic E-state index is 0. The van der Waals surface area contributed by atoms with Gasteiger partial charge in [0.15, 0.2) is 5.69 Å². The number of rotatable bonds is 2. The van der Waals surface area contributed by atoms with E-state index < -0.39 is 0 Å². The van der Waals surface area contributed by atoms with Crippen molar-refractivity contribution in [3.05, 3.63) is 54.7 Å². The van der Waals surface area contributed by atoms with Crippen molar-refractivity contribution in [2.45, 2.75) is 33.2 Å². The second-order valence-electron chi connectivity index (χ2n) is 6.72. The lowest BCUT2D eigenvalue weighted by Crippen LogP contribution is -2.33. The van der Waals surface area contributed by atoms with E-state index in [1.165, 1.54) is 0 Å². The first kappa shape index (κ1) is 18.0. The number of carbonyl (C=O) groups excluding carboxylic acids is 1. The SMILES string of the molecule is CC(=O)n1c(-c2ccccc2)c(NC(C)(C)C)[n+]2ccccc12.Cl. The van der Waals surface area contributed by atoms with E-state index in [2.05, 4.69) is 26.1 Å². The van der Waals surface area contributed by atoms with Crippen LogP contribution in [0.4, 0.5) is 5.82 Å². The molecule has 3 aromatic rings. The van der Waals surface area contributed by atoms with Gasteiger partial charge in [0, 0.05) is 18.6 Å². The van der Waals surface area contributed by atoms with Crippen molar-refractivity contribution in [3.8, 4) is 11.3 Å². The summed E-state index contributed by atoms with van der Waals surface area (Å²) in [6.07, 6.45) is 1.98. The van der Waals surface area contributed by atoms with E-state index in [9.17, 15) is 4.79 Å². The second-order valence-corrected chi connectivity index (χ2v) is 6.72. The molecule has 3 rings (SSSR count). The van der Waals surface area contributed by atoms with Gasteiger partial charge >= 0.3 is 0 Å². The number of aromatic nitrogens is 2. The smallest absolute Gasteiger partial charge is 0.284 e. The van der Waals surface area contributed by atoms with Gasteiger partial charge in [-0.15, -0.1) is 12.4 Å². The Kier molecular flexibility index (Phi) is 4.99. The quantitative estimate of drug-likeness (QED) is 0.708. The van der Waals surface area contributed by atoms with E-state index in [0.29, 0.717) is 0 Å². The number of carbonyl (C=O) groups is 1. The van der Waals surface area contributed by atoms with Gasteiger partial charge in [0.05, 0.1) is 11.7 Å². The van der Waals surface area contributed by atoms with Gasteiger partial charge in [0.1, 0.15) is 0 Å². The lowest BCUT2D eigenvalue weighted by Gasteiger charge is -2.17. The van der Waals surface area contributed by atoms with Crippen molar-refractivity contribution in [2.24, 2.45) is 0 Å². The molecule has 0 spiro atoms. The highest BCUT2D eigenvalue weighted by atomic mass is 35.5. The lowest BCUT2D eigenvalue weighted by molar-refractivity contribution is -0.495. The Morgan fingerprint density at radius 2 is 1.67 bits per heavy atom. The number of halogens is 1. The highest BCUT2D eigenvalue weighted by molar-refractivity contribution is 5.89. The predicted molar refractivity (Wildman–Crippen MR) is 100.0 cm³/mol. The number of nitrogens with zero attached hydrogens (tertiary/aromatic N) is 2. The average molecular weight is 345 g/mol. The highest BCUT2D eigenvalue weighted by Gasteiger charge is 2.30. The van der Waals surface area contributed by atoms with Crippen LogP contribution in [0.5, 0.6) is 0 Å². The lowest BCUT2D eigenvalue weighted by atomic mass is 10.1. The van der Waals surface area contributed by atoms with Crippen LogP contribution in [0.2, 0.25) is 0 Å². The molecule has 0 aliphatic heterocycles. The van der Waals surface area contributed by atoms with E-state index in [1.54, 1.807) is 11.5 Å². The number of pyridine rings is 1. The van der Waals surface area contributed by atoms with Crippen molar-refractivity contribution < 1.29 is 9.20 Å². The first-order valence-corrected chi connectivity index (χ1v) is 7.78. The van der Waals surface area contributed by atoms with Crippen molar-refractivity contribution in [1.82, 2.24) is 4.57 Å². The van der Waals surface area contributed by atoms with Crippen LogP contribution < -0.4 is 9.72 Å². The third kappa shape index (κ3) is 3.29. The fourth-order valence-electron chi connectivity index (χ4n) is 2.80. The fourth-order valence-corrected chi connectivity index (χ4v) is 2.80. The number of hydrogen-bond donors (Lipinski definition) is 1. The van der Waals surface area contributed by atoms with Crippen molar-refractivity contribution in [1.29, 1.82) is 0 Å². The molecule has 0 saturated heterocycles. The summed E-state index contributed by atoms with van der Waals surface area (Å²) in [5.74, 6) is 0.920. The number of fused-ring (bicyclic) bond motifs is 1. The van der Waals surface area contributed by atoms with Crippen LogP contribution in [0.3, 0.4) is 0 Å². The Morgan fingerprint density at radius 3 is 2.25 bits per heavy atom. The van der Waals surface area contributed by atoms with Crippen LogP contribution in [0, 0.1) is 0 Å². The summed E-state index contributed by atoms with van der Waals surface area (Å²) in [5.41, 5.74) is 2.63. The molecule has 0 radical (unpaired) electrons. The topological polar surface area (TPSA) is 38.1 Å². The molecule has 0 unspecified atom stereocenters. The maximum Gasteiger partial charge on any atom is 0.284 e. The van der Waals surface area contributed by atoms with Gasteiger partial charge in [0.25, 0.3) is 11.7 Å². The van der Waals surface area contributed by atoms with Gasteiger partial charge in [-0.1, -0.05) is 36.4 Å². The van der Waals surface area contributed by atoms with Crippen LogP contribution in [-0.2, 0) is 0 Å². The number of nitrogens with one attached hydrogen (secondary N) is 1. The van der Waals surface area contributed by atoms with Gasteiger partial charge in [-0.3, -0.25) is 10.1 Å². The second kappa shape index (κ2) is 6.65. The van der Waals surface area contributed by atoms with Crippen LogP contribution >= 0.6 is 12.4 Å². The van der Waals surface area contributed by atoms with Crippen molar-refractivity contribution in [2.75, 3.05) is 5.32 Å². The zero-order valence-electron chi connectivity index (χ0n) is 14.4. The summed E-state index contributed by atoms with van der Waals surface area (Å²) < 4.78 is 3.80. The number of anilines is 1. The minimum Gasteiger partial charge on any atom is -0.298 e. The number of hydrogen-bond acceptors (Lipinski definition) is 2. The van der Waals surface area contributed by atoms with Gasteiger partial charge < -0.3 is 0 Å². The van der Waals surface area contributed by atoms with E-state index in [0.717, 1.165) is 22.7 Å². The molecule has 5 heteroatoms. The zero-order chi connectivity index (χ0) is 16.6. The Morgan fingerprint density at radius 1 is 1.04 bits per heavy atom. The largest absolute Gasteiger partial charge is 0.298 e.